The predicted octanol–water partition coefficient (Wildman–Crippen LogP) is 5.64. The van der Waals surface area contributed by atoms with Gasteiger partial charge >= 0.3 is 0 Å². The lowest BCUT2D eigenvalue weighted by atomic mass is 9.77. The summed E-state index contributed by atoms with van der Waals surface area (Å²) in [5.41, 5.74) is 1.46. The standard InChI is InChI=1S/C28H25Cl2N3O5/c1-37-24-13-16(9-11-23(24)38-15-17-8-10-18(29)14-20(17)30)25-22-7-4-12-32(22)28(26(25)33(35)36)19-5-2-3-6-21(19)31-27(28)34/h2-3,5-6,8-11,13-14,22,25-26H,4,7,12,15H2,1H3,(H,31,34)/t22-,25+,26-,28-/m0/s1. The molecule has 0 aromatic heterocycles. The van der Waals surface area contributed by atoms with Crippen LogP contribution >= 0.6 is 23.2 Å². The third-order valence-electron chi connectivity index (χ3n) is 8.07. The molecule has 3 aliphatic heterocycles. The lowest BCUT2D eigenvalue weighted by molar-refractivity contribution is -0.534. The number of rotatable bonds is 6. The Morgan fingerprint density at radius 2 is 1.95 bits per heavy atom. The van der Waals surface area contributed by atoms with Crippen LogP contribution in [0.1, 0.15) is 35.4 Å². The highest BCUT2D eigenvalue weighted by molar-refractivity contribution is 6.35. The van der Waals surface area contributed by atoms with E-state index in [0.717, 1.165) is 24.0 Å². The van der Waals surface area contributed by atoms with Crippen LogP contribution in [0.4, 0.5) is 5.69 Å². The highest BCUT2D eigenvalue weighted by Crippen LogP contribution is 2.58. The molecule has 10 heteroatoms. The van der Waals surface area contributed by atoms with Gasteiger partial charge in [-0.2, -0.15) is 0 Å². The van der Waals surface area contributed by atoms with E-state index in [1.54, 1.807) is 36.4 Å². The smallest absolute Gasteiger partial charge is 0.256 e. The number of amides is 1. The average molecular weight is 554 g/mol. The highest BCUT2D eigenvalue weighted by Gasteiger charge is 2.73. The summed E-state index contributed by atoms with van der Waals surface area (Å²) in [6, 6.07) is 16.6. The van der Waals surface area contributed by atoms with Crippen LogP contribution in [-0.2, 0) is 16.9 Å². The zero-order valence-electron chi connectivity index (χ0n) is 20.5. The van der Waals surface area contributed by atoms with Crippen LogP contribution in [0.2, 0.25) is 10.0 Å². The molecule has 1 N–H and O–H groups in total. The second-order valence-electron chi connectivity index (χ2n) is 9.86. The molecule has 2 saturated heterocycles. The molecule has 3 aromatic rings. The number of anilines is 1. The summed E-state index contributed by atoms with van der Waals surface area (Å²) in [5, 5.41) is 16.7. The van der Waals surface area contributed by atoms with E-state index in [4.69, 9.17) is 32.7 Å². The van der Waals surface area contributed by atoms with E-state index in [1.807, 2.05) is 24.3 Å². The van der Waals surface area contributed by atoms with Crippen LogP contribution in [0.15, 0.2) is 60.7 Å². The van der Waals surface area contributed by atoms with Gasteiger partial charge in [-0.25, -0.2) is 0 Å². The number of benzene rings is 3. The van der Waals surface area contributed by atoms with Crippen molar-refractivity contribution in [2.24, 2.45) is 0 Å². The molecule has 3 aliphatic rings. The molecule has 196 valence electrons. The molecule has 0 unspecified atom stereocenters. The summed E-state index contributed by atoms with van der Waals surface area (Å²) in [7, 11) is 1.53. The van der Waals surface area contributed by atoms with E-state index in [2.05, 4.69) is 10.2 Å². The normalized spacial score (nSPS) is 25.8. The first kappa shape index (κ1) is 25.0. The van der Waals surface area contributed by atoms with Crippen molar-refractivity contribution in [1.29, 1.82) is 0 Å². The van der Waals surface area contributed by atoms with Crippen LogP contribution in [0.3, 0.4) is 0 Å². The molecule has 38 heavy (non-hydrogen) atoms. The maximum Gasteiger partial charge on any atom is 0.256 e. The third-order valence-corrected chi connectivity index (χ3v) is 8.65. The topological polar surface area (TPSA) is 93.9 Å². The van der Waals surface area contributed by atoms with Crippen molar-refractivity contribution in [3.8, 4) is 11.5 Å². The molecule has 3 aromatic carbocycles. The SMILES string of the molecule is COc1cc([C@H]2[C@H]([N+](=O)[O-])[C@@]3(C(=O)Nc4ccccc43)N3CCC[C@@H]23)ccc1OCc1ccc(Cl)cc1Cl. The Morgan fingerprint density at radius 3 is 2.71 bits per heavy atom. The first-order chi connectivity index (χ1) is 18.4. The van der Waals surface area contributed by atoms with Crippen LogP contribution in [0, 0.1) is 10.1 Å². The fourth-order valence-corrected chi connectivity index (χ4v) is 7.04. The van der Waals surface area contributed by atoms with E-state index < -0.39 is 17.5 Å². The fourth-order valence-electron chi connectivity index (χ4n) is 6.58. The van der Waals surface area contributed by atoms with Crippen LogP contribution in [-0.4, -0.2) is 41.5 Å². The molecule has 1 amide bonds. The minimum Gasteiger partial charge on any atom is -0.493 e. The van der Waals surface area contributed by atoms with Crippen molar-refractivity contribution < 1.29 is 19.2 Å². The fraction of sp³-hybridized carbons (Fsp3) is 0.321. The minimum atomic E-state index is -1.36. The van der Waals surface area contributed by atoms with Crippen molar-refractivity contribution in [2.45, 2.75) is 43.0 Å². The number of methoxy groups -OCH3 is 1. The molecular formula is C28H25Cl2N3O5. The summed E-state index contributed by atoms with van der Waals surface area (Å²) in [5.74, 6) is 0.0935. The van der Waals surface area contributed by atoms with E-state index >= 15 is 0 Å². The van der Waals surface area contributed by atoms with Gasteiger partial charge in [-0.05, 0) is 48.7 Å². The summed E-state index contributed by atoms with van der Waals surface area (Å²) in [6.45, 7) is 0.816. The Balaban J connectivity index is 1.39. The summed E-state index contributed by atoms with van der Waals surface area (Å²) < 4.78 is 11.7. The number of nitro groups is 1. The van der Waals surface area contributed by atoms with Crippen molar-refractivity contribution in [3.63, 3.8) is 0 Å². The molecule has 0 aliphatic carbocycles. The number of hydrogen-bond donors (Lipinski definition) is 1. The monoisotopic (exact) mass is 553 g/mol. The Bertz CT molecular complexity index is 1450. The van der Waals surface area contributed by atoms with Gasteiger partial charge in [0.2, 0.25) is 0 Å². The number of nitrogens with zero attached hydrogens (tertiary/aromatic N) is 2. The Hall–Kier alpha value is -3.33. The number of fused-ring (bicyclic) bond motifs is 4. The van der Waals surface area contributed by atoms with Crippen molar-refractivity contribution in [1.82, 2.24) is 4.90 Å². The zero-order valence-corrected chi connectivity index (χ0v) is 22.0. The minimum absolute atomic E-state index is 0.161. The third kappa shape index (κ3) is 3.66. The summed E-state index contributed by atoms with van der Waals surface area (Å²) in [6.07, 6.45) is 1.63. The van der Waals surface area contributed by atoms with E-state index in [1.165, 1.54) is 7.11 Å². The lowest BCUT2D eigenvalue weighted by Gasteiger charge is -2.32. The number of halogens is 2. The molecule has 3 heterocycles. The van der Waals surface area contributed by atoms with Gasteiger partial charge in [0.15, 0.2) is 17.0 Å². The first-order valence-corrected chi connectivity index (χ1v) is 13.2. The summed E-state index contributed by atoms with van der Waals surface area (Å²) >= 11 is 12.3. The van der Waals surface area contributed by atoms with Crippen molar-refractivity contribution in [3.05, 3.63) is 97.5 Å². The second kappa shape index (κ2) is 9.45. The number of para-hydroxylation sites is 1. The maximum absolute atomic E-state index is 13.6. The van der Waals surface area contributed by atoms with E-state index in [9.17, 15) is 14.9 Å². The number of ether oxygens (including phenoxy) is 2. The Kier molecular flexibility index (Phi) is 6.21. The van der Waals surface area contributed by atoms with Crippen molar-refractivity contribution in [2.75, 3.05) is 19.0 Å². The van der Waals surface area contributed by atoms with Crippen LogP contribution in [0.5, 0.6) is 11.5 Å². The molecule has 4 atom stereocenters. The van der Waals surface area contributed by atoms with Crippen molar-refractivity contribution >= 4 is 34.8 Å². The maximum atomic E-state index is 13.6. The van der Waals surface area contributed by atoms with Gasteiger partial charge in [-0.3, -0.25) is 19.8 Å². The molecule has 1 spiro atoms. The largest absolute Gasteiger partial charge is 0.493 e. The molecule has 0 saturated carbocycles. The van der Waals surface area contributed by atoms with Gasteiger partial charge in [0.1, 0.15) is 6.61 Å². The quantitative estimate of drug-likeness (QED) is 0.313. The van der Waals surface area contributed by atoms with E-state index in [0.29, 0.717) is 39.3 Å². The van der Waals surface area contributed by atoms with Gasteiger partial charge in [-0.1, -0.05) is 53.5 Å². The molecule has 6 rings (SSSR count). The number of hydrogen-bond acceptors (Lipinski definition) is 6. The number of carbonyl (C=O) groups excluding carboxylic acids is 1. The van der Waals surface area contributed by atoms with Crippen LogP contribution < -0.4 is 14.8 Å². The molecule has 8 nitrogen and oxygen atoms in total. The summed E-state index contributed by atoms with van der Waals surface area (Å²) in [4.78, 5) is 28.2. The molecular weight excluding hydrogens is 529 g/mol. The number of carbonyl (C=O) groups is 1. The average Bonchev–Trinajstić information content (AvgIpc) is 3.56. The second-order valence-corrected chi connectivity index (χ2v) is 10.7. The Morgan fingerprint density at radius 1 is 1.13 bits per heavy atom. The highest BCUT2D eigenvalue weighted by atomic mass is 35.5. The molecule has 0 bridgehead atoms. The number of nitrogens with one attached hydrogen (secondary N) is 1. The Labute approximate surface area is 229 Å². The predicted molar refractivity (Wildman–Crippen MR) is 144 cm³/mol. The van der Waals surface area contributed by atoms with Gasteiger partial charge < -0.3 is 14.8 Å². The van der Waals surface area contributed by atoms with Gasteiger partial charge in [0.05, 0.1) is 13.0 Å². The van der Waals surface area contributed by atoms with Gasteiger partial charge in [-0.15, -0.1) is 0 Å². The van der Waals surface area contributed by atoms with Gasteiger partial charge in [0, 0.05) is 44.4 Å². The van der Waals surface area contributed by atoms with Crippen LogP contribution in [0.25, 0.3) is 0 Å². The first-order valence-electron chi connectivity index (χ1n) is 12.4. The molecule has 2 fully saturated rings. The molecule has 0 radical (unpaired) electrons. The zero-order chi connectivity index (χ0) is 26.6. The van der Waals surface area contributed by atoms with Gasteiger partial charge in [0.25, 0.3) is 11.9 Å². The lowest BCUT2D eigenvalue weighted by Crippen LogP contribution is -2.55. The van der Waals surface area contributed by atoms with E-state index in [-0.39, 0.29) is 23.5 Å².